The first kappa shape index (κ1) is 10.8. The van der Waals surface area contributed by atoms with Crippen LogP contribution in [0.4, 0.5) is 0 Å². The highest BCUT2D eigenvalue weighted by atomic mass is 127. The molecule has 0 aliphatic carbocycles. The zero-order valence-corrected chi connectivity index (χ0v) is 8.38. The fourth-order valence-electron chi connectivity index (χ4n) is 0.566. The summed E-state index contributed by atoms with van der Waals surface area (Å²) < 4.78 is 4.34. The minimum Gasteiger partial charge on any atom is -0.394 e. The van der Waals surface area contributed by atoms with Gasteiger partial charge in [-0.2, -0.15) is 0 Å². The van der Waals surface area contributed by atoms with E-state index in [2.05, 4.69) is 8.38 Å². The van der Waals surface area contributed by atoms with Gasteiger partial charge in [0.2, 0.25) is 0 Å². The summed E-state index contributed by atoms with van der Waals surface area (Å²) in [6, 6.07) is 0. The molecule has 0 aromatic rings. The van der Waals surface area contributed by atoms with Crippen molar-refractivity contribution in [1.29, 1.82) is 0 Å². The summed E-state index contributed by atoms with van der Waals surface area (Å²) in [5.74, 6) is -0.329. The van der Waals surface area contributed by atoms with Gasteiger partial charge in [0.25, 0.3) is 0 Å². The summed E-state index contributed by atoms with van der Waals surface area (Å²) in [6.45, 7) is 0.314. The highest BCUT2D eigenvalue weighted by molar-refractivity contribution is 14.1. The standard InChI is InChI=1S/C6H10INO3/c1-8-4-5(9)2-3-6(10)11-7/h8H,2-4H2,1H3. The lowest BCUT2D eigenvalue weighted by Gasteiger charge is -1.96. The first-order chi connectivity index (χ1) is 5.20. The number of halogens is 1. The Bertz CT molecular complexity index is 149. The molecule has 4 nitrogen and oxygen atoms in total. The van der Waals surface area contributed by atoms with Crippen LogP contribution >= 0.6 is 23.0 Å². The topological polar surface area (TPSA) is 55.4 Å². The molecule has 0 bridgehead atoms. The highest BCUT2D eigenvalue weighted by Crippen LogP contribution is 1.97. The highest BCUT2D eigenvalue weighted by Gasteiger charge is 2.05. The second-order valence-electron chi connectivity index (χ2n) is 2.02. The summed E-state index contributed by atoms with van der Waals surface area (Å²) in [7, 11) is 1.69. The Labute approximate surface area is 79.4 Å². The molecule has 0 fully saturated rings. The Morgan fingerprint density at radius 3 is 2.55 bits per heavy atom. The van der Waals surface area contributed by atoms with E-state index in [1.54, 1.807) is 7.05 Å². The van der Waals surface area contributed by atoms with Crippen molar-refractivity contribution in [2.24, 2.45) is 0 Å². The van der Waals surface area contributed by atoms with Crippen molar-refractivity contribution in [2.45, 2.75) is 12.8 Å². The van der Waals surface area contributed by atoms with Gasteiger partial charge in [-0.05, 0) is 7.05 Å². The van der Waals surface area contributed by atoms with Crippen LogP contribution < -0.4 is 5.32 Å². The number of carbonyl (C=O) groups is 2. The summed E-state index contributed by atoms with van der Waals surface area (Å²) in [4.78, 5) is 21.3. The van der Waals surface area contributed by atoms with Crippen molar-refractivity contribution < 1.29 is 12.7 Å². The molecule has 0 saturated heterocycles. The van der Waals surface area contributed by atoms with Gasteiger partial charge in [-0.3, -0.25) is 9.59 Å². The number of ketones is 1. The first-order valence-electron chi connectivity index (χ1n) is 3.18. The molecule has 11 heavy (non-hydrogen) atoms. The average Bonchev–Trinajstić information content (AvgIpc) is 2.01. The van der Waals surface area contributed by atoms with E-state index in [0.717, 1.165) is 0 Å². The van der Waals surface area contributed by atoms with Gasteiger partial charge < -0.3 is 8.38 Å². The third-order valence-corrected chi connectivity index (χ3v) is 1.56. The van der Waals surface area contributed by atoms with Crippen LogP contribution in [0.15, 0.2) is 0 Å². The van der Waals surface area contributed by atoms with Gasteiger partial charge in [0.15, 0.2) is 23.0 Å². The van der Waals surface area contributed by atoms with Gasteiger partial charge in [-0.15, -0.1) is 0 Å². The number of Topliss-reactive ketones (excluding diaryl/α,β-unsaturated/α-hetero) is 1. The van der Waals surface area contributed by atoms with Crippen LogP contribution in [0.25, 0.3) is 0 Å². The van der Waals surface area contributed by atoms with Gasteiger partial charge >= 0.3 is 5.97 Å². The fourth-order valence-corrected chi connectivity index (χ4v) is 0.786. The Balaban J connectivity index is 3.38. The number of hydrogen-bond acceptors (Lipinski definition) is 4. The Morgan fingerprint density at radius 1 is 1.45 bits per heavy atom. The van der Waals surface area contributed by atoms with E-state index in [1.807, 2.05) is 0 Å². The number of hydrogen-bond donors (Lipinski definition) is 1. The second-order valence-corrected chi connectivity index (χ2v) is 2.46. The molecule has 0 heterocycles. The molecule has 0 spiro atoms. The number of carbonyl (C=O) groups excluding carboxylic acids is 2. The van der Waals surface area contributed by atoms with E-state index < -0.39 is 0 Å². The molecule has 0 aliphatic heterocycles. The number of rotatable bonds is 5. The van der Waals surface area contributed by atoms with Crippen LogP contribution in [-0.4, -0.2) is 25.3 Å². The molecule has 0 rings (SSSR count). The lowest BCUT2D eigenvalue weighted by molar-refractivity contribution is -0.133. The summed E-state index contributed by atoms with van der Waals surface area (Å²) in [5.41, 5.74) is 0. The van der Waals surface area contributed by atoms with E-state index in [-0.39, 0.29) is 24.6 Å². The third kappa shape index (κ3) is 6.24. The second kappa shape index (κ2) is 6.53. The van der Waals surface area contributed by atoms with Gasteiger partial charge in [0, 0.05) is 6.42 Å². The van der Waals surface area contributed by atoms with E-state index >= 15 is 0 Å². The fraction of sp³-hybridized carbons (Fsp3) is 0.667. The molecule has 0 unspecified atom stereocenters. The quantitative estimate of drug-likeness (QED) is 0.737. The van der Waals surface area contributed by atoms with Crippen molar-refractivity contribution in [3.8, 4) is 0 Å². The molecule has 5 heteroatoms. The van der Waals surface area contributed by atoms with Crippen molar-refractivity contribution >= 4 is 34.8 Å². The lowest BCUT2D eigenvalue weighted by Crippen LogP contribution is -2.19. The van der Waals surface area contributed by atoms with Gasteiger partial charge in [-0.1, -0.05) is 0 Å². The molecule has 0 radical (unpaired) electrons. The van der Waals surface area contributed by atoms with E-state index in [9.17, 15) is 9.59 Å². The van der Waals surface area contributed by atoms with Crippen LogP contribution in [0.5, 0.6) is 0 Å². The zero-order valence-electron chi connectivity index (χ0n) is 6.22. The monoisotopic (exact) mass is 271 g/mol. The van der Waals surface area contributed by atoms with E-state index in [1.165, 1.54) is 23.0 Å². The van der Waals surface area contributed by atoms with Gasteiger partial charge in [-0.25, -0.2) is 0 Å². The largest absolute Gasteiger partial charge is 0.394 e. The summed E-state index contributed by atoms with van der Waals surface area (Å²) >= 11 is 1.51. The maximum atomic E-state index is 10.8. The van der Waals surface area contributed by atoms with Crippen LogP contribution in [0.2, 0.25) is 0 Å². The molecule has 0 saturated carbocycles. The lowest BCUT2D eigenvalue weighted by atomic mass is 10.2. The van der Waals surface area contributed by atoms with Crippen LogP contribution in [0, 0.1) is 0 Å². The molecule has 64 valence electrons. The Hall–Kier alpha value is -0.170. The first-order valence-corrected chi connectivity index (χ1v) is 4.06. The molecular formula is C6H10INO3. The predicted octanol–water partition coefficient (Wildman–Crippen LogP) is 0.448. The average molecular weight is 271 g/mol. The van der Waals surface area contributed by atoms with Crippen molar-refractivity contribution in [3.05, 3.63) is 0 Å². The maximum absolute atomic E-state index is 10.8. The molecular weight excluding hydrogens is 261 g/mol. The van der Waals surface area contributed by atoms with Crippen molar-refractivity contribution in [2.75, 3.05) is 13.6 Å². The van der Waals surface area contributed by atoms with Crippen LogP contribution in [0.1, 0.15) is 12.8 Å². The Morgan fingerprint density at radius 2 is 2.09 bits per heavy atom. The molecule has 1 N–H and O–H groups in total. The van der Waals surface area contributed by atoms with Crippen molar-refractivity contribution in [3.63, 3.8) is 0 Å². The summed E-state index contributed by atoms with van der Waals surface area (Å²) in [6.07, 6.45) is 0.423. The van der Waals surface area contributed by atoms with Crippen LogP contribution in [0.3, 0.4) is 0 Å². The molecule has 0 amide bonds. The van der Waals surface area contributed by atoms with Crippen molar-refractivity contribution in [1.82, 2.24) is 5.32 Å². The van der Waals surface area contributed by atoms with Gasteiger partial charge in [0.05, 0.1) is 13.0 Å². The predicted molar refractivity (Wildman–Crippen MR) is 48.3 cm³/mol. The Kier molecular flexibility index (Phi) is 6.43. The normalized spacial score (nSPS) is 9.27. The molecule has 0 aromatic heterocycles. The van der Waals surface area contributed by atoms with Gasteiger partial charge in [0.1, 0.15) is 5.78 Å². The summed E-state index contributed by atoms with van der Waals surface area (Å²) in [5, 5.41) is 2.71. The minimum atomic E-state index is -0.352. The molecule has 0 aliphatic rings. The number of nitrogens with one attached hydrogen (secondary N) is 1. The maximum Gasteiger partial charge on any atom is 0.315 e. The SMILES string of the molecule is CNCC(=O)CCC(=O)OI. The minimum absolute atomic E-state index is 0.0225. The van der Waals surface area contributed by atoms with E-state index in [0.29, 0.717) is 6.54 Å². The zero-order chi connectivity index (χ0) is 8.69. The molecule has 0 aromatic carbocycles. The van der Waals surface area contributed by atoms with Crippen LogP contribution in [-0.2, 0) is 12.7 Å². The van der Waals surface area contributed by atoms with E-state index in [4.69, 9.17) is 0 Å². The third-order valence-electron chi connectivity index (χ3n) is 1.07. The molecule has 0 atom stereocenters. The smallest absolute Gasteiger partial charge is 0.315 e. The number of likely N-dealkylation sites (N-methyl/N-ethyl adjacent to an activating group) is 1.